The largest absolute Gasteiger partial charge is 0.394 e. The van der Waals surface area contributed by atoms with Crippen LogP contribution in [0.25, 0.3) is 0 Å². The summed E-state index contributed by atoms with van der Waals surface area (Å²) in [6, 6.07) is 0. The number of rotatable bonds is 4. The van der Waals surface area contributed by atoms with Crippen molar-refractivity contribution in [2.24, 2.45) is 0 Å². The zero-order valence-electron chi connectivity index (χ0n) is 9.00. The van der Waals surface area contributed by atoms with E-state index in [1.165, 1.54) is 12.0 Å². The van der Waals surface area contributed by atoms with E-state index in [1.807, 2.05) is 0 Å². The Morgan fingerprint density at radius 1 is 1.62 bits per heavy atom. The van der Waals surface area contributed by atoms with Crippen molar-refractivity contribution in [2.75, 3.05) is 20.8 Å². The molecule has 0 heterocycles. The molecule has 0 rings (SSSR count). The second-order valence-electron chi connectivity index (χ2n) is 3.75. The van der Waals surface area contributed by atoms with Crippen molar-refractivity contribution in [2.45, 2.75) is 32.4 Å². The maximum absolute atomic E-state index is 11.6. The Hall–Kier alpha value is -0.610. The van der Waals surface area contributed by atoms with Crippen LogP contribution in [0.2, 0.25) is 0 Å². The summed E-state index contributed by atoms with van der Waals surface area (Å²) in [5.41, 5.74) is -0.538. The van der Waals surface area contributed by atoms with Gasteiger partial charge in [0.15, 0.2) is 0 Å². The number of likely N-dealkylation sites (N-methyl/N-ethyl adjacent to an activating group) is 1. The molecule has 1 atom stereocenters. The molecule has 0 aromatic heterocycles. The molecule has 0 aliphatic heterocycles. The van der Waals surface area contributed by atoms with Gasteiger partial charge in [0.05, 0.1) is 12.1 Å². The van der Waals surface area contributed by atoms with E-state index in [0.717, 1.165) is 0 Å². The highest BCUT2D eigenvalue weighted by molar-refractivity contribution is 5.80. The van der Waals surface area contributed by atoms with Crippen molar-refractivity contribution in [3.8, 4) is 0 Å². The van der Waals surface area contributed by atoms with Crippen molar-refractivity contribution < 1.29 is 14.6 Å². The van der Waals surface area contributed by atoms with Gasteiger partial charge in [0.1, 0.15) is 6.10 Å². The molecule has 1 unspecified atom stereocenters. The van der Waals surface area contributed by atoms with Crippen LogP contribution in [0.5, 0.6) is 0 Å². The van der Waals surface area contributed by atoms with Crippen LogP contribution in [0.1, 0.15) is 20.8 Å². The number of aliphatic hydroxyl groups is 1. The van der Waals surface area contributed by atoms with Crippen LogP contribution >= 0.6 is 0 Å². The number of ether oxygens (including phenoxy) is 1. The highest BCUT2D eigenvalue weighted by Gasteiger charge is 2.29. The maximum Gasteiger partial charge on any atom is 0.251 e. The molecule has 1 N–H and O–H groups in total. The lowest BCUT2D eigenvalue weighted by atomic mass is 10.0. The Labute approximate surface area is 79.5 Å². The summed E-state index contributed by atoms with van der Waals surface area (Å²) in [6.07, 6.45) is -0.462. The van der Waals surface area contributed by atoms with Crippen molar-refractivity contribution in [1.82, 2.24) is 4.90 Å². The van der Waals surface area contributed by atoms with Crippen molar-refractivity contribution in [3.63, 3.8) is 0 Å². The first-order valence-electron chi connectivity index (χ1n) is 4.28. The molecule has 1 amide bonds. The Morgan fingerprint density at radius 3 is 2.38 bits per heavy atom. The van der Waals surface area contributed by atoms with E-state index in [2.05, 4.69) is 0 Å². The fourth-order valence-corrected chi connectivity index (χ4v) is 0.778. The maximum atomic E-state index is 11.6. The van der Waals surface area contributed by atoms with Crippen molar-refractivity contribution in [1.29, 1.82) is 0 Å². The van der Waals surface area contributed by atoms with Crippen LogP contribution < -0.4 is 0 Å². The summed E-state index contributed by atoms with van der Waals surface area (Å²) in [7, 11) is 3.15. The molecule has 13 heavy (non-hydrogen) atoms. The molecular formula is C9H19NO3. The summed E-state index contributed by atoms with van der Waals surface area (Å²) < 4.78 is 4.90. The summed E-state index contributed by atoms with van der Waals surface area (Å²) in [5.74, 6) is -0.124. The number of carbonyl (C=O) groups is 1. The third-order valence-electron chi connectivity index (χ3n) is 2.33. The summed E-state index contributed by atoms with van der Waals surface area (Å²) in [6.45, 7) is 5.22. The van der Waals surface area contributed by atoms with Crippen LogP contribution in [0, 0.1) is 0 Å². The monoisotopic (exact) mass is 189 g/mol. The van der Waals surface area contributed by atoms with Crippen molar-refractivity contribution >= 4 is 5.91 Å². The van der Waals surface area contributed by atoms with Gasteiger partial charge >= 0.3 is 0 Å². The summed E-state index contributed by atoms with van der Waals surface area (Å²) in [5, 5.41) is 9.03. The van der Waals surface area contributed by atoms with Gasteiger partial charge in [0.2, 0.25) is 0 Å². The van der Waals surface area contributed by atoms with Gasteiger partial charge in [-0.3, -0.25) is 4.79 Å². The van der Waals surface area contributed by atoms with Crippen molar-refractivity contribution in [3.05, 3.63) is 0 Å². The molecule has 0 fully saturated rings. The second-order valence-corrected chi connectivity index (χ2v) is 3.75. The molecule has 0 aliphatic rings. The first-order valence-corrected chi connectivity index (χ1v) is 4.28. The smallest absolute Gasteiger partial charge is 0.251 e. The number of carbonyl (C=O) groups excluding carboxylic acids is 1. The molecule has 0 bridgehead atoms. The van der Waals surface area contributed by atoms with Gasteiger partial charge in [-0.2, -0.15) is 0 Å². The Bertz CT molecular complexity index is 180. The molecule has 0 aromatic carbocycles. The van der Waals surface area contributed by atoms with E-state index in [9.17, 15) is 4.79 Å². The molecule has 0 saturated heterocycles. The molecule has 0 aliphatic carbocycles. The zero-order valence-corrected chi connectivity index (χ0v) is 9.00. The van der Waals surface area contributed by atoms with E-state index in [-0.39, 0.29) is 12.5 Å². The second kappa shape index (κ2) is 4.58. The normalized spacial score (nSPS) is 14.0. The molecule has 0 saturated carbocycles. The third-order valence-corrected chi connectivity index (χ3v) is 2.33. The van der Waals surface area contributed by atoms with E-state index in [0.29, 0.717) is 0 Å². The lowest BCUT2D eigenvalue weighted by molar-refractivity contribution is -0.145. The van der Waals surface area contributed by atoms with Crippen LogP contribution in [-0.4, -0.2) is 48.3 Å². The molecule has 0 radical (unpaired) electrons. The zero-order chi connectivity index (χ0) is 10.6. The number of hydrogen-bond acceptors (Lipinski definition) is 3. The predicted octanol–water partition coefficient (Wildman–Crippen LogP) is 0.251. The number of amides is 1. The van der Waals surface area contributed by atoms with Gasteiger partial charge in [0, 0.05) is 14.2 Å². The lowest BCUT2D eigenvalue weighted by Crippen LogP contribution is -2.51. The topological polar surface area (TPSA) is 49.8 Å². The number of methoxy groups -OCH3 is 1. The van der Waals surface area contributed by atoms with E-state index in [4.69, 9.17) is 9.84 Å². The molecular weight excluding hydrogens is 170 g/mol. The fraction of sp³-hybridized carbons (Fsp3) is 0.889. The van der Waals surface area contributed by atoms with Gasteiger partial charge in [-0.05, 0) is 20.8 Å². The average molecular weight is 189 g/mol. The molecule has 4 heteroatoms. The van der Waals surface area contributed by atoms with Gasteiger partial charge in [-0.25, -0.2) is 0 Å². The minimum absolute atomic E-state index is 0.0638. The minimum atomic E-state index is -0.538. The number of hydrogen-bond donors (Lipinski definition) is 1. The van der Waals surface area contributed by atoms with Gasteiger partial charge in [-0.1, -0.05) is 0 Å². The van der Waals surface area contributed by atoms with Gasteiger partial charge < -0.3 is 14.7 Å². The Balaban J connectivity index is 4.42. The van der Waals surface area contributed by atoms with Crippen LogP contribution in [0.15, 0.2) is 0 Å². The van der Waals surface area contributed by atoms with E-state index >= 15 is 0 Å². The van der Waals surface area contributed by atoms with Crippen LogP contribution in [0.3, 0.4) is 0 Å². The van der Waals surface area contributed by atoms with Crippen LogP contribution in [-0.2, 0) is 9.53 Å². The third kappa shape index (κ3) is 2.97. The van der Waals surface area contributed by atoms with Gasteiger partial charge in [-0.15, -0.1) is 0 Å². The number of nitrogens with zero attached hydrogens (tertiary/aromatic N) is 1. The minimum Gasteiger partial charge on any atom is -0.394 e. The highest BCUT2D eigenvalue weighted by Crippen LogP contribution is 2.12. The molecule has 4 nitrogen and oxygen atoms in total. The standard InChI is InChI=1S/C9H19NO3/c1-7(13-5)8(12)10(4)9(2,3)6-11/h7,11H,6H2,1-5H3. The quantitative estimate of drug-likeness (QED) is 0.689. The average Bonchev–Trinajstić information content (AvgIpc) is 2.14. The fourth-order valence-electron chi connectivity index (χ4n) is 0.778. The predicted molar refractivity (Wildman–Crippen MR) is 50.4 cm³/mol. The number of aliphatic hydroxyl groups excluding tert-OH is 1. The molecule has 0 spiro atoms. The highest BCUT2D eigenvalue weighted by atomic mass is 16.5. The Kier molecular flexibility index (Phi) is 4.36. The van der Waals surface area contributed by atoms with E-state index < -0.39 is 11.6 Å². The first kappa shape index (κ1) is 12.4. The Morgan fingerprint density at radius 2 is 2.08 bits per heavy atom. The lowest BCUT2D eigenvalue weighted by Gasteiger charge is -2.35. The van der Waals surface area contributed by atoms with Crippen LogP contribution in [0.4, 0.5) is 0 Å². The van der Waals surface area contributed by atoms with E-state index in [1.54, 1.807) is 27.8 Å². The molecule has 78 valence electrons. The molecule has 0 aromatic rings. The summed E-state index contributed by atoms with van der Waals surface area (Å²) in [4.78, 5) is 13.1. The SMILES string of the molecule is COC(C)C(=O)N(C)C(C)(C)CO. The first-order chi connectivity index (χ1) is 5.86. The summed E-state index contributed by atoms with van der Waals surface area (Å²) >= 11 is 0. The van der Waals surface area contributed by atoms with Gasteiger partial charge in [0.25, 0.3) is 5.91 Å².